The number of hydrogen-bond donors (Lipinski definition) is 1. The van der Waals surface area contributed by atoms with Crippen LogP contribution < -0.4 is 5.32 Å². The van der Waals surface area contributed by atoms with Gasteiger partial charge < -0.3 is 5.32 Å². The van der Waals surface area contributed by atoms with Crippen molar-refractivity contribution in [3.8, 4) is 0 Å². The first-order valence-corrected chi connectivity index (χ1v) is 9.86. The van der Waals surface area contributed by atoms with E-state index in [0.29, 0.717) is 22.3 Å². The topological polar surface area (TPSA) is 24.9 Å². The Labute approximate surface area is 135 Å². The Morgan fingerprint density at radius 1 is 1.33 bits per heavy atom. The van der Waals surface area contributed by atoms with E-state index in [9.17, 15) is 13.2 Å². The third-order valence-corrected chi connectivity index (χ3v) is 6.99. The van der Waals surface area contributed by atoms with Crippen molar-refractivity contribution in [1.29, 1.82) is 0 Å². The number of rotatable bonds is 5. The summed E-state index contributed by atoms with van der Waals surface area (Å²) in [6.45, 7) is 5.02. The Morgan fingerprint density at radius 3 is 2.67 bits per heavy atom. The van der Waals surface area contributed by atoms with Crippen molar-refractivity contribution >= 4 is 34.9 Å². The van der Waals surface area contributed by atoms with Crippen LogP contribution in [0, 0.1) is 5.92 Å². The van der Waals surface area contributed by atoms with Crippen LogP contribution in [0.5, 0.6) is 0 Å². The second-order valence-corrected chi connectivity index (χ2v) is 8.86. The highest BCUT2D eigenvalue weighted by molar-refractivity contribution is 8.06. The summed E-state index contributed by atoms with van der Waals surface area (Å²) in [7, 11) is 0. The van der Waals surface area contributed by atoms with Gasteiger partial charge in [0.1, 0.15) is 5.01 Å². The molecule has 2 rings (SSSR count). The van der Waals surface area contributed by atoms with E-state index in [1.54, 1.807) is 23.5 Å². The molecular formula is C13H19F3N2S3. The highest BCUT2D eigenvalue weighted by Gasteiger charge is 2.38. The van der Waals surface area contributed by atoms with Gasteiger partial charge in [-0.05, 0) is 12.5 Å². The maximum absolute atomic E-state index is 13.1. The van der Waals surface area contributed by atoms with Gasteiger partial charge >= 0.3 is 6.18 Å². The fraction of sp³-hybridized carbons (Fsp3) is 0.769. The normalized spacial score (nSPS) is 20.2. The number of nitrogens with one attached hydrogen (secondary N) is 1. The lowest BCUT2D eigenvalue weighted by Crippen LogP contribution is -2.20. The van der Waals surface area contributed by atoms with Gasteiger partial charge in [-0.1, -0.05) is 13.8 Å². The van der Waals surface area contributed by atoms with E-state index >= 15 is 0 Å². The lowest BCUT2D eigenvalue weighted by atomic mass is 10.2. The van der Waals surface area contributed by atoms with Crippen molar-refractivity contribution in [2.75, 3.05) is 23.8 Å². The Hall–Kier alpha value is 0.0800. The molecular weight excluding hydrogens is 337 g/mol. The van der Waals surface area contributed by atoms with E-state index < -0.39 is 11.9 Å². The van der Waals surface area contributed by atoms with Crippen molar-refractivity contribution in [3.63, 3.8) is 0 Å². The van der Waals surface area contributed by atoms with E-state index in [0.717, 1.165) is 17.3 Å². The first-order valence-electron chi connectivity index (χ1n) is 6.84. The fourth-order valence-corrected chi connectivity index (χ4v) is 5.99. The van der Waals surface area contributed by atoms with Crippen LogP contribution in [-0.2, 0) is 12.7 Å². The smallest absolute Gasteiger partial charge is 0.312 e. The van der Waals surface area contributed by atoms with E-state index in [2.05, 4.69) is 10.3 Å². The zero-order valence-electron chi connectivity index (χ0n) is 12.0. The van der Waals surface area contributed by atoms with Crippen LogP contribution in [-0.4, -0.2) is 28.8 Å². The van der Waals surface area contributed by atoms with Crippen LogP contribution >= 0.6 is 34.9 Å². The third kappa shape index (κ3) is 5.04. The van der Waals surface area contributed by atoms with Gasteiger partial charge in [0.25, 0.3) is 0 Å². The maximum atomic E-state index is 13.1. The first kappa shape index (κ1) is 17.4. The fourth-order valence-electron chi connectivity index (χ4n) is 1.95. The average Bonchev–Trinajstić information content (AvgIpc) is 2.83. The second-order valence-electron chi connectivity index (χ2n) is 5.28. The predicted octanol–water partition coefficient (Wildman–Crippen LogP) is 4.43. The highest BCUT2D eigenvalue weighted by atomic mass is 32.2. The molecule has 8 heteroatoms. The van der Waals surface area contributed by atoms with Crippen LogP contribution in [0.1, 0.15) is 34.7 Å². The zero-order chi connectivity index (χ0) is 15.5. The number of nitrogens with zero attached hydrogens (tertiary/aromatic N) is 1. The predicted molar refractivity (Wildman–Crippen MR) is 86.2 cm³/mol. The van der Waals surface area contributed by atoms with Gasteiger partial charge in [-0.3, -0.25) is 0 Å². The average molecular weight is 357 g/mol. The van der Waals surface area contributed by atoms with E-state index in [1.807, 2.05) is 13.8 Å². The SMILES string of the molecule is CC(C)CNCc1sc(C2CSCCS2)nc1C(F)(F)F. The molecule has 0 bridgehead atoms. The molecule has 1 aromatic rings. The Kier molecular flexibility index (Phi) is 6.28. The summed E-state index contributed by atoms with van der Waals surface area (Å²) in [5.41, 5.74) is -0.699. The van der Waals surface area contributed by atoms with Gasteiger partial charge in [0, 0.05) is 23.8 Å². The van der Waals surface area contributed by atoms with Crippen molar-refractivity contribution in [1.82, 2.24) is 10.3 Å². The molecule has 1 aliphatic rings. The molecule has 1 saturated heterocycles. The third-order valence-electron chi connectivity index (χ3n) is 2.91. The van der Waals surface area contributed by atoms with Crippen LogP contribution in [0.3, 0.4) is 0 Å². The summed E-state index contributed by atoms with van der Waals surface area (Å²) in [5.74, 6) is 3.32. The van der Waals surface area contributed by atoms with Gasteiger partial charge in [0.05, 0.1) is 10.1 Å². The Balaban J connectivity index is 2.14. The molecule has 0 radical (unpaired) electrons. The van der Waals surface area contributed by atoms with Gasteiger partial charge in [-0.25, -0.2) is 4.98 Å². The van der Waals surface area contributed by atoms with Crippen LogP contribution in [0.2, 0.25) is 0 Å². The molecule has 1 unspecified atom stereocenters. The van der Waals surface area contributed by atoms with Crippen molar-refractivity contribution in [3.05, 3.63) is 15.6 Å². The van der Waals surface area contributed by atoms with E-state index in [1.165, 1.54) is 11.3 Å². The van der Waals surface area contributed by atoms with E-state index in [-0.39, 0.29) is 11.8 Å². The molecule has 1 aromatic heterocycles. The molecule has 1 aliphatic heterocycles. The Bertz CT molecular complexity index is 454. The van der Waals surface area contributed by atoms with Crippen LogP contribution in [0.4, 0.5) is 13.2 Å². The number of halogens is 3. The van der Waals surface area contributed by atoms with Crippen LogP contribution in [0.15, 0.2) is 0 Å². The summed E-state index contributed by atoms with van der Waals surface area (Å²) in [4.78, 5) is 4.24. The summed E-state index contributed by atoms with van der Waals surface area (Å²) in [5, 5.41) is 3.82. The number of alkyl halides is 3. The lowest BCUT2D eigenvalue weighted by Gasteiger charge is -2.18. The largest absolute Gasteiger partial charge is 0.434 e. The molecule has 0 saturated carbocycles. The minimum atomic E-state index is -4.37. The minimum absolute atomic E-state index is 0.105. The van der Waals surface area contributed by atoms with Gasteiger partial charge in [0.2, 0.25) is 0 Å². The molecule has 2 heterocycles. The van der Waals surface area contributed by atoms with Crippen molar-refractivity contribution in [2.24, 2.45) is 5.92 Å². The number of thiazole rings is 1. The van der Waals surface area contributed by atoms with Gasteiger partial charge in [-0.2, -0.15) is 24.9 Å². The summed E-state index contributed by atoms with van der Waals surface area (Å²) >= 11 is 4.73. The maximum Gasteiger partial charge on any atom is 0.434 e. The van der Waals surface area contributed by atoms with Crippen molar-refractivity contribution in [2.45, 2.75) is 31.8 Å². The summed E-state index contributed by atoms with van der Waals surface area (Å²) in [6.07, 6.45) is -4.37. The molecule has 0 spiro atoms. The molecule has 1 atom stereocenters. The standard InChI is InChI=1S/C13H19F3N2S3/c1-8(2)5-17-6-9-11(13(14,15)16)18-12(21-9)10-7-19-3-4-20-10/h8,10,17H,3-7H2,1-2H3. The van der Waals surface area contributed by atoms with Gasteiger partial charge in [0.15, 0.2) is 5.69 Å². The van der Waals surface area contributed by atoms with Crippen LogP contribution in [0.25, 0.3) is 0 Å². The number of thioether (sulfide) groups is 2. The first-order chi connectivity index (χ1) is 9.88. The molecule has 120 valence electrons. The highest BCUT2D eigenvalue weighted by Crippen LogP contribution is 2.42. The zero-order valence-corrected chi connectivity index (χ0v) is 14.4. The van der Waals surface area contributed by atoms with E-state index in [4.69, 9.17) is 0 Å². The lowest BCUT2D eigenvalue weighted by molar-refractivity contribution is -0.141. The molecule has 1 fully saturated rings. The Morgan fingerprint density at radius 2 is 2.10 bits per heavy atom. The number of hydrogen-bond acceptors (Lipinski definition) is 5. The summed E-state index contributed by atoms with van der Waals surface area (Å²) < 4.78 is 39.4. The summed E-state index contributed by atoms with van der Waals surface area (Å²) in [6, 6.07) is 0. The molecule has 0 aromatic carbocycles. The van der Waals surface area contributed by atoms with Crippen molar-refractivity contribution < 1.29 is 13.2 Å². The quantitative estimate of drug-likeness (QED) is 0.844. The van der Waals surface area contributed by atoms with Gasteiger partial charge in [-0.15, -0.1) is 23.1 Å². The monoisotopic (exact) mass is 356 g/mol. The molecule has 21 heavy (non-hydrogen) atoms. The molecule has 2 nitrogen and oxygen atoms in total. The second kappa shape index (κ2) is 7.57. The minimum Gasteiger partial charge on any atom is -0.312 e. The molecule has 0 aliphatic carbocycles. The number of aromatic nitrogens is 1. The molecule has 1 N–H and O–H groups in total. The molecule has 0 amide bonds.